The van der Waals surface area contributed by atoms with E-state index in [2.05, 4.69) is 49.6 Å². The molecule has 3 aromatic rings. The predicted octanol–water partition coefficient (Wildman–Crippen LogP) is 2.45. The number of fused-ring (bicyclic) bond motifs is 2. The van der Waals surface area contributed by atoms with Gasteiger partial charge in [-0.05, 0) is 31.9 Å². The van der Waals surface area contributed by atoms with Crippen LogP contribution in [0.25, 0.3) is 16.9 Å². The predicted molar refractivity (Wildman–Crippen MR) is 110 cm³/mol. The van der Waals surface area contributed by atoms with Gasteiger partial charge in [0.2, 0.25) is 5.95 Å². The number of phenols is 1. The van der Waals surface area contributed by atoms with Crippen molar-refractivity contribution in [1.82, 2.24) is 30.3 Å². The van der Waals surface area contributed by atoms with Gasteiger partial charge in [-0.15, -0.1) is 10.2 Å². The molecular weight excluding hydrogens is 385 g/mol. The molecule has 8 nitrogen and oxygen atoms in total. The summed E-state index contributed by atoms with van der Waals surface area (Å²) in [6, 6.07) is 5.60. The number of nitrogens with zero attached hydrogens (tertiary/aromatic N) is 6. The van der Waals surface area contributed by atoms with Crippen molar-refractivity contribution in [2.75, 3.05) is 11.9 Å². The highest BCUT2D eigenvalue weighted by atomic mass is 19.1. The van der Waals surface area contributed by atoms with E-state index < -0.39 is 5.82 Å². The van der Waals surface area contributed by atoms with Crippen molar-refractivity contribution in [2.45, 2.75) is 37.4 Å². The van der Waals surface area contributed by atoms with Crippen LogP contribution in [0, 0.1) is 5.82 Å². The molecule has 2 aromatic heterocycles. The number of anilines is 1. The summed E-state index contributed by atoms with van der Waals surface area (Å²) >= 11 is 0. The van der Waals surface area contributed by atoms with Gasteiger partial charge in [-0.2, -0.15) is 5.10 Å². The summed E-state index contributed by atoms with van der Waals surface area (Å²) in [6.45, 7) is 2.20. The highest BCUT2D eigenvalue weighted by Gasteiger charge is 2.40. The van der Waals surface area contributed by atoms with E-state index >= 15 is 0 Å². The van der Waals surface area contributed by atoms with E-state index in [4.69, 9.17) is 0 Å². The standard InChI is InChI=1S/C21H22FN7O/c1-21-6-5-14(25-21)7-16(9-21)28(2)20-23-11-18(26-27-20)17-4-3-15(8-19(17)30)29-12-13(22)10-24-29/h3-6,8,10-12,14,16,25,30H,7,9H2,1-2H3/t14?,16-,21+/m0/s1. The zero-order chi connectivity index (χ0) is 20.9. The second kappa shape index (κ2) is 6.88. The lowest BCUT2D eigenvalue weighted by atomic mass is 9.88. The van der Waals surface area contributed by atoms with Crippen LogP contribution in [0.5, 0.6) is 5.75 Å². The molecule has 1 unspecified atom stereocenters. The Morgan fingerprint density at radius 1 is 1.30 bits per heavy atom. The minimum atomic E-state index is -0.445. The van der Waals surface area contributed by atoms with Gasteiger partial charge in [-0.1, -0.05) is 12.2 Å². The van der Waals surface area contributed by atoms with Gasteiger partial charge in [0.05, 0.1) is 24.3 Å². The summed E-state index contributed by atoms with van der Waals surface area (Å²) in [7, 11) is 1.99. The maximum absolute atomic E-state index is 13.2. The van der Waals surface area contributed by atoms with Crippen molar-refractivity contribution in [1.29, 1.82) is 0 Å². The Labute approximate surface area is 173 Å². The first kappa shape index (κ1) is 18.7. The summed E-state index contributed by atoms with van der Waals surface area (Å²) in [5, 5.41) is 26.5. The fourth-order valence-electron chi connectivity index (χ4n) is 4.31. The highest BCUT2D eigenvalue weighted by molar-refractivity contribution is 5.68. The quantitative estimate of drug-likeness (QED) is 0.642. The molecule has 0 amide bonds. The Bertz CT molecular complexity index is 1110. The number of halogens is 1. The van der Waals surface area contributed by atoms with Crippen LogP contribution in [-0.2, 0) is 0 Å². The van der Waals surface area contributed by atoms with E-state index in [1.54, 1.807) is 18.3 Å². The van der Waals surface area contributed by atoms with Gasteiger partial charge in [0, 0.05) is 36.3 Å². The zero-order valence-corrected chi connectivity index (χ0v) is 16.7. The van der Waals surface area contributed by atoms with E-state index in [0.717, 1.165) is 19.0 Å². The molecule has 1 fully saturated rings. The average Bonchev–Trinajstić information content (AvgIpc) is 3.29. The van der Waals surface area contributed by atoms with E-state index in [-0.39, 0.29) is 11.3 Å². The maximum atomic E-state index is 13.2. The van der Waals surface area contributed by atoms with E-state index in [1.165, 1.54) is 16.9 Å². The third kappa shape index (κ3) is 3.30. The topological polar surface area (TPSA) is 92.0 Å². The fourth-order valence-corrected chi connectivity index (χ4v) is 4.31. The molecule has 2 bridgehead atoms. The average molecular weight is 407 g/mol. The number of aromatic hydroxyl groups is 1. The second-order valence-corrected chi connectivity index (χ2v) is 8.18. The Morgan fingerprint density at radius 2 is 2.17 bits per heavy atom. The number of aromatic nitrogens is 5. The number of nitrogens with one attached hydrogen (secondary N) is 1. The van der Waals surface area contributed by atoms with Crippen LogP contribution in [0.2, 0.25) is 0 Å². The number of piperidine rings is 1. The molecule has 154 valence electrons. The lowest BCUT2D eigenvalue weighted by Crippen LogP contribution is -2.54. The molecule has 5 rings (SSSR count). The van der Waals surface area contributed by atoms with Crippen molar-refractivity contribution < 1.29 is 9.50 Å². The number of rotatable bonds is 4. The molecule has 9 heteroatoms. The van der Waals surface area contributed by atoms with Crippen LogP contribution in [0.1, 0.15) is 19.8 Å². The van der Waals surface area contributed by atoms with E-state index in [0.29, 0.717) is 35.0 Å². The molecule has 2 aliphatic rings. The summed E-state index contributed by atoms with van der Waals surface area (Å²) in [5.74, 6) is 0.103. The Morgan fingerprint density at radius 3 is 2.83 bits per heavy atom. The van der Waals surface area contributed by atoms with Crippen molar-refractivity contribution in [3.8, 4) is 22.7 Å². The largest absolute Gasteiger partial charge is 0.507 e. The van der Waals surface area contributed by atoms with Crippen LogP contribution in [-0.4, -0.2) is 54.7 Å². The number of phenolic OH excluding ortho intramolecular Hbond substituents is 1. The highest BCUT2D eigenvalue weighted by Crippen LogP contribution is 2.33. The van der Waals surface area contributed by atoms with Crippen molar-refractivity contribution in [3.63, 3.8) is 0 Å². The number of hydrogen-bond donors (Lipinski definition) is 2. The summed E-state index contributed by atoms with van der Waals surface area (Å²) < 4.78 is 14.5. The van der Waals surface area contributed by atoms with Crippen LogP contribution >= 0.6 is 0 Å². The van der Waals surface area contributed by atoms with Crippen molar-refractivity contribution >= 4 is 5.95 Å². The molecule has 0 saturated carbocycles. The summed E-state index contributed by atoms with van der Waals surface area (Å²) in [6.07, 6.45) is 10.4. The minimum absolute atomic E-state index is 0.00505. The van der Waals surface area contributed by atoms with Crippen molar-refractivity contribution in [3.05, 3.63) is 54.8 Å². The van der Waals surface area contributed by atoms with Gasteiger partial charge < -0.3 is 15.3 Å². The van der Waals surface area contributed by atoms with Crippen LogP contribution < -0.4 is 10.2 Å². The lowest BCUT2D eigenvalue weighted by molar-refractivity contribution is 0.289. The number of hydrogen-bond acceptors (Lipinski definition) is 7. The molecule has 3 atom stereocenters. The van der Waals surface area contributed by atoms with E-state index in [1.807, 2.05) is 7.05 Å². The molecule has 1 aromatic carbocycles. The maximum Gasteiger partial charge on any atom is 0.245 e. The Kier molecular flexibility index (Phi) is 4.28. The molecule has 0 aliphatic carbocycles. The zero-order valence-electron chi connectivity index (χ0n) is 16.7. The monoisotopic (exact) mass is 407 g/mol. The molecule has 1 saturated heterocycles. The van der Waals surface area contributed by atoms with E-state index in [9.17, 15) is 9.50 Å². The number of benzene rings is 1. The summed E-state index contributed by atoms with van der Waals surface area (Å²) in [5.41, 5.74) is 1.51. The van der Waals surface area contributed by atoms with Crippen LogP contribution in [0.4, 0.5) is 10.3 Å². The van der Waals surface area contributed by atoms with Gasteiger partial charge in [0.15, 0.2) is 5.82 Å². The van der Waals surface area contributed by atoms with Gasteiger partial charge in [-0.25, -0.2) is 14.1 Å². The molecule has 4 heterocycles. The van der Waals surface area contributed by atoms with Gasteiger partial charge in [-0.3, -0.25) is 0 Å². The minimum Gasteiger partial charge on any atom is -0.507 e. The Balaban J connectivity index is 1.35. The van der Waals surface area contributed by atoms with Gasteiger partial charge in [0.1, 0.15) is 11.4 Å². The first-order valence-electron chi connectivity index (χ1n) is 9.84. The molecule has 30 heavy (non-hydrogen) atoms. The molecule has 0 spiro atoms. The first-order chi connectivity index (χ1) is 14.4. The molecule has 2 aliphatic heterocycles. The van der Waals surface area contributed by atoms with Crippen LogP contribution in [0.3, 0.4) is 0 Å². The normalized spacial score (nSPS) is 24.9. The second-order valence-electron chi connectivity index (χ2n) is 8.18. The third-order valence-electron chi connectivity index (χ3n) is 5.88. The SMILES string of the molecule is CN(c1ncc(-c2ccc(-n3cc(F)cn3)cc2O)nn1)[C@H]1CC2C=C[C@](C)(C1)N2. The van der Waals surface area contributed by atoms with Gasteiger partial charge in [0.25, 0.3) is 0 Å². The third-order valence-corrected chi connectivity index (χ3v) is 5.88. The molecule has 0 radical (unpaired) electrons. The molecule has 2 N–H and O–H groups in total. The lowest BCUT2D eigenvalue weighted by Gasteiger charge is -2.40. The van der Waals surface area contributed by atoms with Gasteiger partial charge >= 0.3 is 0 Å². The molecular formula is C21H22FN7O. The Hall–Kier alpha value is -3.33. The fraction of sp³-hybridized carbons (Fsp3) is 0.333. The van der Waals surface area contributed by atoms with Crippen LogP contribution in [0.15, 0.2) is 48.9 Å². The summed E-state index contributed by atoms with van der Waals surface area (Å²) in [4.78, 5) is 6.56. The smallest absolute Gasteiger partial charge is 0.245 e. The first-order valence-corrected chi connectivity index (χ1v) is 9.84. The van der Waals surface area contributed by atoms with Crippen molar-refractivity contribution in [2.24, 2.45) is 0 Å².